The van der Waals surface area contributed by atoms with Crippen LogP contribution in [0.15, 0.2) is 88.7 Å². The van der Waals surface area contributed by atoms with Gasteiger partial charge in [0.2, 0.25) is 5.91 Å². The number of carbonyl (C=O) groups excluding carboxylic acids is 1. The molecule has 33 heavy (non-hydrogen) atoms. The molecule has 3 rings (SSSR count). The molecule has 0 bridgehead atoms. The highest BCUT2D eigenvalue weighted by Gasteiger charge is 2.27. The molecule has 0 saturated carbocycles. The molecule has 8 heteroatoms. The Labute approximate surface area is 205 Å². The number of rotatable bonds is 11. The van der Waals surface area contributed by atoms with Crippen molar-refractivity contribution < 1.29 is 13.2 Å². The molecule has 3 aromatic rings. The van der Waals surface area contributed by atoms with Crippen LogP contribution in [0.2, 0.25) is 0 Å². The second kappa shape index (κ2) is 12.2. The van der Waals surface area contributed by atoms with Crippen LogP contribution in [-0.4, -0.2) is 39.4 Å². The van der Waals surface area contributed by atoms with Crippen LogP contribution < -0.4 is 9.62 Å². The van der Waals surface area contributed by atoms with Crippen LogP contribution in [0.3, 0.4) is 0 Å². The minimum atomic E-state index is -3.90. The second-order valence-corrected chi connectivity index (χ2v) is 11.3. The number of nitrogens with one attached hydrogen (secondary N) is 1. The highest BCUT2D eigenvalue weighted by molar-refractivity contribution is 7.98. The average molecular weight is 501 g/mol. The third kappa shape index (κ3) is 7.28. The van der Waals surface area contributed by atoms with Gasteiger partial charge < -0.3 is 5.32 Å². The van der Waals surface area contributed by atoms with E-state index in [4.69, 9.17) is 0 Å². The van der Waals surface area contributed by atoms with Crippen molar-refractivity contribution in [3.05, 3.63) is 90.0 Å². The van der Waals surface area contributed by atoms with Gasteiger partial charge in [0, 0.05) is 22.9 Å². The summed E-state index contributed by atoms with van der Waals surface area (Å²) < 4.78 is 28.0. The van der Waals surface area contributed by atoms with Crippen molar-refractivity contribution in [3.8, 4) is 0 Å². The summed E-state index contributed by atoms with van der Waals surface area (Å²) in [6, 6.07) is 24.0. The van der Waals surface area contributed by atoms with E-state index in [1.165, 1.54) is 9.87 Å². The molecule has 0 atom stereocenters. The molecule has 0 aliphatic rings. The Bertz CT molecular complexity index is 1130. The van der Waals surface area contributed by atoms with Gasteiger partial charge in [0.25, 0.3) is 10.0 Å². The molecule has 0 radical (unpaired) electrons. The lowest BCUT2D eigenvalue weighted by molar-refractivity contribution is -0.119. The smallest absolute Gasteiger partial charge is 0.264 e. The summed E-state index contributed by atoms with van der Waals surface area (Å²) in [5.41, 5.74) is 2.71. The normalized spacial score (nSPS) is 11.2. The number of anilines is 1. The summed E-state index contributed by atoms with van der Waals surface area (Å²) in [4.78, 5) is 13.8. The molecular weight excluding hydrogens is 472 g/mol. The Morgan fingerprint density at radius 1 is 0.939 bits per heavy atom. The molecule has 0 fully saturated rings. The molecule has 0 saturated heterocycles. The van der Waals surface area contributed by atoms with Gasteiger partial charge in [-0.15, -0.1) is 11.8 Å². The predicted molar refractivity (Wildman–Crippen MR) is 140 cm³/mol. The summed E-state index contributed by atoms with van der Waals surface area (Å²) in [6.07, 6.45) is 1.94. The van der Waals surface area contributed by atoms with Crippen molar-refractivity contribution in [2.45, 2.75) is 22.5 Å². The van der Waals surface area contributed by atoms with Gasteiger partial charge >= 0.3 is 0 Å². The number of benzene rings is 3. The maximum atomic E-state index is 13.4. The maximum Gasteiger partial charge on any atom is 0.264 e. The van der Waals surface area contributed by atoms with Crippen molar-refractivity contribution in [2.75, 3.05) is 29.4 Å². The lowest BCUT2D eigenvalue weighted by Crippen LogP contribution is -2.41. The van der Waals surface area contributed by atoms with Crippen LogP contribution in [0.4, 0.5) is 5.69 Å². The molecule has 3 aromatic carbocycles. The third-order valence-electron chi connectivity index (χ3n) is 4.94. The first-order chi connectivity index (χ1) is 15.9. The van der Waals surface area contributed by atoms with Crippen LogP contribution in [0, 0.1) is 6.92 Å². The zero-order valence-electron chi connectivity index (χ0n) is 18.7. The molecule has 5 nitrogen and oxygen atoms in total. The van der Waals surface area contributed by atoms with E-state index < -0.39 is 10.0 Å². The second-order valence-electron chi connectivity index (χ2n) is 7.41. The van der Waals surface area contributed by atoms with E-state index in [1.54, 1.807) is 59.9 Å². The van der Waals surface area contributed by atoms with Gasteiger partial charge in [-0.1, -0.05) is 48.0 Å². The van der Waals surface area contributed by atoms with Crippen LogP contribution in [0.5, 0.6) is 0 Å². The summed E-state index contributed by atoms with van der Waals surface area (Å²) in [7, 11) is -3.90. The fraction of sp³-hybridized carbons (Fsp3) is 0.240. The van der Waals surface area contributed by atoms with Crippen LogP contribution in [-0.2, 0) is 20.6 Å². The zero-order valence-corrected chi connectivity index (χ0v) is 21.2. The first-order valence-electron chi connectivity index (χ1n) is 10.5. The lowest BCUT2D eigenvalue weighted by Gasteiger charge is -2.24. The minimum absolute atomic E-state index is 0.159. The summed E-state index contributed by atoms with van der Waals surface area (Å²) in [5.74, 6) is 1.28. The Morgan fingerprint density at radius 3 is 2.24 bits per heavy atom. The summed E-state index contributed by atoms with van der Waals surface area (Å²) in [6.45, 7) is 2.13. The largest absolute Gasteiger partial charge is 0.354 e. The number of aryl methyl sites for hydroxylation is 1. The molecule has 0 aromatic heterocycles. The minimum Gasteiger partial charge on any atom is -0.354 e. The fourth-order valence-electron chi connectivity index (χ4n) is 3.11. The number of hydrogen-bond acceptors (Lipinski definition) is 5. The van der Waals surface area contributed by atoms with Crippen LogP contribution in [0.1, 0.15) is 11.1 Å². The Hall–Kier alpha value is -2.42. The number of amides is 1. The molecule has 0 aliphatic heterocycles. The Morgan fingerprint density at radius 2 is 1.61 bits per heavy atom. The number of hydrogen-bond donors (Lipinski definition) is 1. The van der Waals surface area contributed by atoms with E-state index in [0.29, 0.717) is 12.2 Å². The van der Waals surface area contributed by atoms with Crippen molar-refractivity contribution in [2.24, 2.45) is 0 Å². The van der Waals surface area contributed by atoms with Crippen molar-refractivity contribution in [1.29, 1.82) is 0 Å². The van der Waals surface area contributed by atoms with E-state index in [-0.39, 0.29) is 17.3 Å². The molecule has 0 aliphatic carbocycles. The van der Waals surface area contributed by atoms with Crippen molar-refractivity contribution in [3.63, 3.8) is 0 Å². The van der Waals surface area contributed by atoms with Gasteiger partial charge in [-0.3, -0.25) is 9.10 Å². The maximum absolute atomic E-state index is 13.4. The SMILES string of the molecule is CSc1ccc(S(=O)(=O)N(CC(=O)NCCSCc2ccccc2)c2ccc(C)cc2)cc1. The highest BCUT2D eigenvalue weighted by Crippen LogP contribution is 2.25. The van der Waals surface area contributed by atoms with Gasteiger partial charge in [-0.2, -0.15) is 11.8 Å². The molecule has 174 valence electrons. The predicted octanol–water partition coefficient (Wildman–Crippen LogP) is 4.96. The van der Waals surface area contributed by atoms with Gasteiger partial charge in [0.15, 0.2) is 0 Å². The fourth-order valence-corrected chi connectivity index (χ4v) is 5.76. The molecular formula is C25H28N2O3S3. The van der Waals surface area contributed by atoms with E-state index in [0.717, 1.165) is 22.0 Å². The first-order valence-corrected chi connectivity index (χ1v) is 14.3. The van der Waals surface area contributed by atoms with E-state index in [2.05, 4.69) is 17.4 Å². The van der Waals surface area contributed by atoms with E-state index in [1.807, 2.05) is 43.5 Å². The van der Waals surface area contributed by atoms with Crippen molar-refractivity contribution in [1.82, 2.24) is 5.32 Å². The molecule has 0 unspecified atom stereocenters. The third-order valence-corrected chi connectivity index (χ3v) is 8.50. The Kier molecular flexibility index (Phi) is 9.29. The number of carbonyl (C=O) groups is 1. The van der Waals surface area contributed by atoms with Gasteiger partial charge in [0.05, 0.1) is 10.6 Å². The topological polar surface area (TPSA) is 66.5 Å². The summed E-state index contributed by atoms with van der Waals surface area (Å²) in [5, 5.41) is 2.85. The van der Waals surface area contributed by atoms with Crippen LogP contribution in [0.25, 0.3) is 0 Å². The zero-order chi connectivity index (χ0) is 23.7. The molecule has 1 amide bonds. The number of nitrogens with zero attached hydrogens (tertiary/aromatic N) is 1. The van der Waals surface area contributed by atoms with Gasteiger partial charge in [-0.05, 0) is 55.1 Å². The number of thioether (sulfide) groups is 2. The average Bonchev–Trinajstić information content (AvgIpc) is 2.83. The first kappa shape index (κ1) is 25.2. The lowest BCUT2D eigenvalue weighted by atomic mass is 10.2. The monoisotopic (exact) mass is 500 g/mol. The standard InChI is InChI=1S/C25H28N2O3S3/c1-20-8-10-22(11-9-20)27(33(29,30)24-14-12-23(31-2)13-15-24)18-25(28)26-16-17-32-19-21-6-4-3-5-7-21/h3-15H,16-19H2,1-2H3,(H,26,28). The summed E-state index contributed by atoms with van der Waals surface area (Å²) >= 11 is 3.26. The van der Waals surface area contributed by atoms with E-state index in [9.17, 15) is 13.2 Å². The highest BCUT2D eigenvalue weighted by atomic mass is 32.2. The van der Waals surface area contributed by atoms with Crippen LogP contribution >= 0.6 is 23.5 Å². The Balaban J connectivity index is 1.66. The molecule has 0 spiro atoms. The number of sulfonamides is 1. The van der Waals surface area contributed by atoms with E-state index >= 15 is 0 Å². The van der Waals surface area contributed by atoms with Gasteiger partial charge in [0.1, 0.15) is 6.54 Å². The quantitative estimate of drug-likeness (QED) is 0.298. The van der Waals surface area contributed by atoms with Gasteiger partial charge in [-0.25, -0.2) is 8.42 Å². The molecule has 0 heterocycles. The van der Waals surface area contributed by atoms with Crippen molar-refractivity contribution >= 4 is 45.1 Å². The molecule has 1 N–H and O–H groups in total.